The Kier molecular flexibility index (Phi) is 5.81. The molecule has 0 spiro atoms. The summed E-state index contributed by atoms with van der Waals surface area (Å²) in [4.78, 5) is 12.5. The van der Waals surface area contributed by atoms with Crippen LogP contribution in [0.2, 0.25) is 0 Å². The molecule has 1 aromatic heterocycles. The third kappa shape index (κ3) is 4.52. The molecule has 0 bridgehead atoms. The fourth-order valence-corrected chi connectivity index (χ4v) is 3.80. The summed E-state index contributed by atoms with van der Waals surface area (Å²) in [5, 5.41) is 11.1. The van der Waals surface area contributed by atoms with Crippen molar-refractivity contribution in [3.05, 3.63) is 96.3 Å². The van der Waals surface area contributed by atoms with Crippen molar-refractivity contribution in [3.8, 4) is 0 Å². The van der Waals surface area contributed by atoms with Crippen LogP contribution in [0, 0.1) is 0 Å². The third-order valence-corrected chi connectivity index (χ3v) is 5.78. The highest BCUT2D eigenvalue weighted by Crippen LogP contribution is 2.20. The highest BCUT2D eigenvalue weighted by atomic mass is 32.2. The average Bonchev–Trinajstić information content (AvgIpc) is 3.20. The Morgan fingerprint density at radius 1 is 1.00 bits per heavy atom. The van der Waals surface area contributed by atoms with Crippen molar-refractivity contribution in [1.29, 1.82) is 0 Å². The fourth-order valence-electron chi connectivity index (χ4n) is 2.96. The summed E-state index contributed by atoms with van der Waals surface area (Å²) >= 11 is 1.60. The van der Waals surface area contributed by atoms with Crippen LogP contribution in [0.3, 0.4) is 0 Å². The smallest absolute Gasteiger partial charge is 0.269 e. The summed E-state index contributed by atoms with van der Waals surface area (Å²) in [6.07, 6.45) is 1.68. The van der Waals surface area contributed by atoms with E-state index >= 15 is 0 Å². The number of aromatic nitrogens is 3. The SMILES string of the molecule is C=C(NNC(=O)c1ccc(CSc2nncn2C)cc1)c1ccc2ccccc2c1. The number of fused-ring (bicyclic) bond motifs is 1. The minimum atomic E-state index is -0.218. The molecule has 6 nitrogen and oxygen atoms in total. The van der Waals surface area contributed by atoms with Gasteiger partial charge in [-0.2, -0.15) is 0 Å². The molecule has 4 aromatic rings. The first-order valence-corrected chi connectivity index (χ1v) is 10.4. The van der Waals surface area contributed by atoms with Gasteiger partial charge >= 0.3 is 0 Å². The highest BCUT2D eigenvalue weighted by Gasteiger charge is 2.08. The van der Waals surface area contributed by atoms with Gasteiger partial charge in [0.15, 0.2) is 5.16 Å². The second-order valence-corrected chi connectivity index (χ2v) is 7.77. The molecule has 0 atom stereocenters. The van der Waals surface area contributed by atoms with Crippen LogP contribution in [0.15, 0.2) is 84.8 Å². The molecule has 0 radical (unpaired) electrons. The van der Waals surface area contributed by atoms with Crippen LogP contribution >= 0.6 is 11.8 Å². The van der Waals surface area contributed by atoms with Gasteiger partial charge in [-0.15, -0.1) is 10.2 Å². The molecule has 0 unspecified atom stereocenters. The van der Waals surface area contributed by atoms with Crippen LogP contribution in [0.25, 0.3) is 16.5 Å². The maximum Gasteiger partial charge on any atom is 0.269 e. The Labute approximate surface area is 179 Å². The van der Waals surface area contributed by atoms with Crippen LogP contribution < -0.4 is 10.9 Å². The van der Waals surface area contributed by atoms with E-state index in [1.54, 1.807) is 18.1 Å². The Bertz CT molecular complexity index is 1200. The topological polar surface area (TPSA) is 71.8 Å². The van der Waals surface area contributed by atoms with Crippen molar-refractivity contribution in [2.45, 2.75) is 10.9 Å². The van der Waals surface area contributed by atoms with Crippen molar-refractivity contribution >= 4 is 34.1 Å². The molecule has 0 aliphatic carbocycles. The van der Waals surface area contributed by atoms with Crippen molar-refractivity contribution in [2.75, 3.05) is 0 Å². The first kappa shape index (κ1) is 19.7. The number of thioether (sulfide) groups is 1. The monoisotopic (exact) mass is 415 g/mol. The lowest BCUT2D eigenvalue weighted by atomic mass is 10.1. The molecular formula is C23H21N5OS. The number of hydrogen-bond acceptors (Lipinski definition) is 5. The van der Waals surface area contributed by atoms with Gasteiger partial charge in [0, 0.05) is 18.4 Å². The van der Waals surface area contributed by atoms with Crippen LogP contribution in [0.5, 0.6) is 0 Å². The fraction of sp³-hybridized carbons (Fsp3) is 0.0870. The number of hydrazine groups is 1. The number of rotatable bonds is 7. The summed E-state index contributed by atoms with van der Waals surface area (Å²) in [5.41, 5.74) is 8.85. The van der Waals surface area contributed by atoms with E-state index in [0.717, 1.165) is 32.8 Å². The third-order valence-electron chi connectivity index (χ3n) is 4.68. The van der Waals surface area contributed by atoms with E-state index in [9.17, 15) is 4.79 Å². The molecule has 0 saturated carbocycles. The van der Waals surface area contributed by atoms with Crippen LogP contribution in [-0.2, 0) is 12.8 Å². The molecule has 1 amide bonds. The van der Waals surface area contributed by atoms with Crippen molar-refractivity contribution < 1.29 is 4.79 Å². The minimum absolute atomic E-state index is 0.218. The summed E-state index contributed by atoms with van der Waals surface area (Å²) in [6.45, 7) is 4.03. The molecule has 30 heavy (non-hydrogen) atoms. The van der Waals surface area contributed by atoms with E-state index in [-0.39, 0.29) is 5.91 Å². The van der Waals surface area contributed by atoms with Gasteiger partial charge in [0.2, 0.25) is 0 Å². The highest BCUT2D eigenvalue weighted by molar-refractivity contribution is 7.98. The van der Waals surface area contributed by atoms with Gasteiger partial charge in [-0.3, -0.25) is 15.6 Å². The Morgan fingerprint density at radius 3 is 2.47 bits per heavy atom. The molecule has 3 aromatic carbocycles. The maximum absolute atomic E-state index is 12.5. The summed E-state index contributed by atoms with van der Waals surface area (Å²) in [6, 6.07) is 21.7. The molecule has 1 heterocycles. The molecule has 0 aliphatic heterocycles. The molecule has 2 N–H and O–H groups in total. The van der Waals surface area contributed by atoms with Gasteiger partial charge in [-0.25, -0.2) is 0 Å². The minimum Gasteiger partial charge on any atom is -0.312 e. The zero-order chi connectivity index (χ0) is 20.9. The van der Waals surface area contributed by atoms with Crippen molar-refractivity contribution in [3.63, 3.8) is 0 Å². The van der Waals surface area contributed by atoms with Gasteiger partial charge in [-0.05, 0) is 40.1 Å². The first-order chi connectivity index (χ1) is 14.6. The molecule has 150 valence electrons. The standard InChI is InChI=1S/C23H21N5OS/c1-16(20-12-11-18-5-3-4-6-21(18)13-20)25-26-22(29)19-9-7-17(8-10-19)14-30-23-27-24-15-28(23)2/h3-13,15,25H,1,14H2,2H3,(H,26,29). The van der Waals surface area contributed by atoms with Crippen molar-refractivity contribution in [1.82, 2.24) is 25.6 Å². The molecule has 7 heteroatoms. The second-order valence-electron chi connectivity index (χ2n) is 6.83. The van der Waals surface area contributed by atoms with E-state index < -0.39 is 0 Å². The lowest BCUT2D eigenvalue weighted by Crippen LogP contribution is -2.35. The van der Waals surface area contributed by atoms with E-state index in [1.165, 1.54) is 0 Å². The van der Waals surface area contributed by atoms with Gasteiger partial charge in [0.1, 0.15) is 6.33 Å². The number of hydrogen-bond donors (Lipinski definition) is 2. The lowest BCUT2D eigenvalue weighted by molar-refractivity contribution is 0.0942. The van der Waals surface area contributed by atoms with Crippen LogP contribution in [-0.4, -0.2) is 20.7 Å². The van der Waals surface area contributed by atoms with E-state index in [2.05, 4.69) is 39.8 Å². The summed E-state index contributed by atoms with van der Waals surface area (Å²) in [7, 11) is 1.91. The quantitative estimate of drug-likeness (QED) is 0.350. The molecule has 0 aliphatic rings. The number of amides is 1. The zero-order valence-corrected chi connectivity index (χ0v) is 17.3. The van der Waals surface area contributed by atoms with E-state index in [0.29, 0.717) is 11.3 Å². The Balaban J connectivity index is 1.32. The van der Waals surface area contributed by atoms with Gasteiger partial charge in [0.25, 0.3) is 5.91 Å². The van der Waals surface area contributed by atoms with Crippen LogP contribution in [0.4, 0.5) is 0 Å². The number of carbonyl (C=O) groups excluding carboxylic acids is 1. The predicted octanol–water partition coefficient (Wildman–Crippen LogP) is 4.17. The maximum atomic E-state index is 12.5. The Morgan fingerprint density at radius 2 is 1.73 bits per heavy atom. The average molecular weight is 416 g/mol. The second kappa shape index (κ2) is 8.84. The number of nitrogens with zero attached hydrogens (tertiary/aromatic N) is 3. The zero-order valence-electron chi connectivity index (χ0n) is 16.5. The predicted molar refractivity (Wildman–Crippen MR) is 121 cm³/mol. The summed E-state index contributed by atoms with van der Waals surface area (Å²) < 4.78 is 1.88. The number of carbonyl (C=O) groups is 1. The van der Waals surface area contributed by atoms with Gasteiger partial charge in [0.05, 0.1) is 5.70 Å². The molecular weight excluding hydrogens is 394 g/mol. The van der Waals surface area contributed by atoms with Gasteiger partial charge in [-0.1, -0.05) is 66.9 Å². The van der Waals surface area contributed by atoms with Crippen molar-refractivity contribution in [2.24, 2.45) is 7.05 Å². The number of nitrogens with one attached hydrogen (secondary N) is 2. The number of benzene rings is 3. The van der Waals surface area contributed by atoms with E-state index in [4.69, 9.17) is 0 Å². The van der Waals surface area contributed by atoms with Crippen LogP contribution in [0.1, 0.15) is 21.5 Å². The van der Waals surface area contributed by atoms with Gasteiger partial charge < -0.3 is 4.57 Å². The molecule has 4 rings (SSSR count). The number of aryl methyl sites for hydroxylation is 1. The first-order valence-electron chi connectivity index (χ1n) is 9.40. The lowest BCUT2D eigenvalue weighted by Gasteiger charge is -2.12. The largest absolute Gasteiger partial charge is 0.312 e. The Hall–Kier alpha value is -3.58. The van der Waals surface area contributed by atoms with E-state index in [1.807, 2.05) is 66.2 Å². The summed E-state index contributed by atoms with van der Waals surface area (Å²) in [5.74, 6) is 0.537. The molecule has 0 saturated heterocycles. The normalized spacial score (nSPS) is 10.7. The molecule has 0 fully saturated rings.